The van der Waals surface area contributed by atoms with Gasteiger partial charge in [0.25, 0.3) is 5.91 Å². The average Bonchev–Trinajstić information content (AvgIpc) is 3.12. The molecule has 34 heavy (non-hydrogen) atoms. The van der Waals surface area contributed by atoms with Gasteiger partial charge in [-0.15, -0.1) is 0 Å². The first-order valence-electron chi connectivity index (χ1n) is 10.5. The molecule has 0 atom stereocenters. The third kappa shape index (κ3) is 5.46. The van der Waals surface area contributed by atoms with Gasteiger partial charge in [-0.05, 0) is 76.5 Å². The van der Waals surface area contributed by atoms with E-state index in [0.717, 1.165) is 15.6 Å². The second-order valence-corrected chi connectivity index (χ2v) is 9.78. The fourth-order valence-electron chi connectivity index (χ4n) is 3.38. The second-order valence-electron chi connectivity index (χ2n) is 7.25. The van der Waals surface area contributed by atoms with E-state index < -0.39 is 0 Å². The van der Waals surface area contributed by atoms with Crippen molar-refractivity contribution in [3.63, 3.8) is 0 Å². The normalized spacial score (nSPS) is 14.6. The zero-order valence-electron chi connectivity index (χ0n) is 18.6. The van der Waals surface area contributed by atoms with Crippen molar-refractivity contribution >= 4 is 61.9 Å². The molecule has 0 bridgehead atoms. The minimum absolute atomic E-state index is 0.168. The van der Waals surface area contributed by atoms with Gasteiger partial charge in [-0.25, -0.2) is 0 Å². The summed E-state index contributed by atoms with van der Waals surface area (Å²) in [7, 11) is 1.60. The van der Waals surface area contributed by atoms with Crippen LogP contribution in [0.15, 0.2) is 76.1 Å². The highest BCUT2D eigenvalue weighted by Gasteiger charge is 2.33. The zero-order valence-corrected chi connectivity index (χ0v) is 21.8. The van der Waals surface area contributed by atoms with Crippen LogP contribution >= 0.6 is 39.9 Å². The third-order valence-electron chi connectivity index (χ3n) is 4.98. The Hall–Kier alpha value is -2.81. The van der Waals surface area contributed by atoms with Crippen molar-refractivity contribution in [1.29, 1.82) is 0 Å². The number of thiocarbonyl (C=S) groups is 1. The van der Waals surface area contributed by atoms with Gasteiger partial charge in [0, 0.05) is 0 Å². The van der Waals surface area contributed by atoms with E-state index in [0.29, 0.717) is 45.4 Å². The molecule has 3 aromatic carbocycles. The van der Waals surface area contributed by atoms with Crippen LogP contribution in [0.2, 0.25) is 0 Å². The summed E-state index contributed by atoms with van der Waals surface area (Å²) in [6.45, 7) is 2.82. The van der Waals surface area contributed by atoms with Gasteiger partial charge in [-0.2, -0.15) is 0 Å². The summed E-state index contributed by atoms with van der Waals surface area (Å²) in [5.74, 6) is 1.77. The van der Waals surface area contributed by atoms with Crippen molar-refractivity contribution in [3.8, 4) is 17.2 Å². The van der Waals surface area contributed by atoms with E-state index in [1.54, 1.807) is 19.2 Å². The minimum atomic E-state index is -0.168. The summed E-state index contributed by atoms with van der Waals surface area (Å²) in [4.78, 5) is 15.2. The van der Waals surface area contributed by atoms with Crippen LogP contribution in [0, 0.1) is 0 Å². The van der Waals surface area contributed by atoms with Gasteiger partial charge in [0.05, 0.1) is 28.8 Å². The number of amides is 1. The number of hydrogen-bond acceptors (Lipinski definition) is 6. The lowest BCUT2D eigenvalue weighted by Gasteiger charge is -2.15. The lowest BCUT2D eigenvalue weighted by molar-refractivity contribution is -0.113. The monoisotopic (exact) mass is 555 g/mol. The fourth-order valence-corrected chi connectivity index (χ4v) is 5.25. The molecule has 0 unspecified atom stereocenters. The van der Waals surface area contributed by atoms with E-state index in [-0.39, 0.29) is 5.91 Å². The number of nitrogens with zero attached hydrogens (tertiary/aromatic N) is 1. The third-order valence-corrected chi connectivity index (χ3v) is 6.87. The van der Waals surface area contributed by atoms with Gasteiger partial charge in [-0.1, -0.05) is 54.3 Å². The molecule has 1 heterocycles. The summed E-state index contributed by atoms with van der Waals surface area (Å²) in [5, 5.41) is 0. The van der Waals surface area contributed by atoms with Crippen molar-refractivity contribution in [2.75, 3.05) is 18.6 Å². The maximum atomic E-state index is 13.1. The van der Waals surface area contributed by atoms with E-state index in [2.05, 4.69) is 15.9 Å². The molecule has 8 heteroatoms. The van der Waals surface area contributed by atoms with Crippen LogP contribution in [0.4, 0.5) is 5.69 Å². The number of carbonyl (C=O) groups excluding carboxylic acids is 1. The number of methoxy groups -OCH3 is 1. The molecule has 4 rings (SSSR count). The van der Waals surface area contributed by atoms with Gasteiger partial charge >= 0.3 is 0 Å². The molecule has 1 saturated heterocycles. The molecule has 1 amide bonds. The van der Waals surface area contributed by atoms with Crippen LogP contribution < -0.4 is 19.1 Å². The number of anilines is 1. The first-order valence-corrected chi connectivity index (χ1v) is 12.6. The Balaban J connectivity index is 1.59. The van der Waals surface area contributed by atoms with Crippen LogP contribution in [0.3, 0.4) is 0 Å². The second kappa shape index (κ2) is 11.1. The topological polar surface area (TPSA) is 48.0 Å². The highest BCUT2D eigenvalue weighted by atomic mass is 79.9. The number of thioether (sulfide) groups is 1. The minimum Gasteiger partial charge on any atom is -0.497 e. The Morgan fingerprint density at radius 1 is 1.06 bits per heavy atom. The molecule has 0 aliphatic carbocycles. The Morgan fingerprint density at radius 3 is 2.47 bits per heavy atom. The van der Waals surface area contributed by atoms with E-state index >= 15 is 0 Å². The summed E-state index contributed by atoms with van der Waals surface area (Å²) < 4.78 is 18.3. The summed E-state index contributed by atoms with van der Waals surface area (Å²) >= 11 is 10.4. The number of ether oxygens (including phenoxy) is 3. The maximum Gasteiger partial charge on any atom is 0.270 e. The van der Waals surface area contributed by atoms with E-state index in [1.807, 2.05) is 67.6 Å². The molecule has 0 aromatic heterocycles. The Labute approximate surface area is 216 Å². The van der Waals surface area contributed by atoms with E-state index in [4.69, 9.17) is 26.4 Å². The highest BCUT2D eigenvalue weighted by molar-refractivity contribution is 9.10. The molecule has 174 valence electrons. The van der Waals surface area contributed by atoms with Gasteiger partial charge in [0.1, 0.15) is 12.4 Å². The Kier molecular flexibility index (Phi) is 7.92. The van der Waals surface area contributed by atoms with Crippen molar-refractivity contribution < 1.29 is 19.0 Å². The van der Waals surface area contributed by atoms with Crippen molar-refractivity contribution in [3.05, 3.63) is 87.2 Å². The van der Waals surface area contributed by atoms with Crippen molar-refractivity contribution in [2.24, 2.45) is 0 Å². The van der Waals surface area contributed by atoms with E-state index in [9.17, 15) is 4.79 Å². The van der Waals surface area contributed by atoms with Gasteiger partial charge in [0.2, 0.25) is 0 Å². The van der Waals surface area contributed by atoms with Crippen LogP contribution in [-0.2, 0) is 11.4 Å². The fraction of sp³-hybridized carbons (Fsp3) is 0.154. The SMILES string of the molecule is CCOc1cc(/C=C2\SC(=S)N(c3ccc(OC)cc3)C2=O)cc(Br)c1OCc1ccccc1. The molecular formula is C26H22BrNO4S2. The van der Waals surface area contributed by atoms with Gasteiger partial charge < -0.3 is 14.2 Å². The molecule has 0 N–H and O–H groups in total. The lowest BCUT2D eigenvalue weighted by atomic mass is 10.1. The van der Waals surface area contributed by atoms with Crippen molar-refractivity contribution in [2.45, 2.75) is 13.5 Å². The zero-order chi connectivity index (χ0) is 24.1. The summed E-state index contributed by atoms with van der Waals surface area (Å²) in [6, 6.07) is 20.9. The average molecular weight is 557 g/mol. The number of halogens is 1. The standard InChI is InChI=1S/C26H22BrNO4S2/c1-3-31-22-14-18(13-21(27)24(22)32-16-17-7-5-4-6-8-17)15-23-25(29)28(26(33)34-23)19-9-11-20(30-2)12-10-19/h4-15H,3,16H2,1-2H3/b23-15-. The first-order chi connectivity index (χ1) is 16.5. The van der Waals surface area contributed by atoms with E-state index in [1.165, 1.54) is 16.7 Å². The lowest BCUT2D eigenvalue weighted by Crippen LogP contribution is -2.27. The molecule has 1 aliphatic rings. The van der Waals surface area contributed by atoms with Crippen LogP contribution in [0.5, 0.6) is 17.2 Å². The molecule has 3 aromatic rings. The van der Waals surface area contributed by atoms with Crippen LogP contribution in [0.1, 0.15) is 18.1 Å². The highest BCUT2D eigenvalue weighted by Crippen LogP contribution is 2.40. The van der Waals surface area contributed by atoms with Crippen molar-refractivity contribution in [1.82, 2.24) is 0 Å². The quantitative estimate of drug-likeness (QED) is 0.224. The largest absolute Gasteiger partial charge is 0.497 e. The summed E-state index contributed by atoms with van der Waals surface area (Å²) in [6.07, 6.45) is 1.82. The number of rotatable bonds is 8. The predicted molar refractivity (Wildman–Crippen MR) is 145 cm³/mol. The number of carbonyl (C=O) groups is 1. The molecule has 1 aliphatic heterocycles. The van der Waals surface area contributed by atoms with Crippen LogP contribution in [-0.4, -0.2) is 23.9 Å². The molecular weight excluding hydrogens is 534 g/mol. The number of hydrogen-bond donors (Lipinski definition) is 0. The first kappa shape index (κ1) is 24.3. The van der Waals surface area contributed by atoms with Crippen LogP contribution in [0.25, 0.3) is 6.08 Å². The maximum absolute atomic E-state index is 13.1. The number of benzene rings is 3. The van der Waals surface area contributed by atoms with Gasteiger partial charge in [-0.3, -0.25) is 9.69 Å². The molecule has 1 fully saturated rings. The molecule has 0 radical (unpaired) electrons. The molecule has 0 saturated carbocycles. The Bertz CT molecular complexity index is 1230. The molecule has 0 spiro atoms. The smallest absolute Gasteiger partial charge is 0.270 e. The summed E-state index contributed by atoms with van der Waals surface area (Å²) in [5.41, 5.74) is 2.56. The predicted octanol–water partition coefficient (Wildman–Crippen LogP) is 6.84. The van der Waals surface area contributed by atoms with Gasteiger partial charge in [0.15, 0.2) is 15.8 Å². The Morgan fingerprint density at radius 2 is 1.79 bits per heavy atom. The molecule has 5 nitrogen and oxygen atoms in total.